The van der Waals surface area contributed by atoms with Crippen LogP contribution in [0.2, 0.25) is 0 Å². The van der Waals surface area contributed by atoms with E-state index < -0.39 is 0 Å². The molecule has 13 heavy (non-hydrogen) atoms. The summed E-state index contributed by atoms with van der Waals surface area (Å²) in [5, 5.41) is 0. The van der Waals surface area contributed by atoms with E-state index in [2.05, 4.69) is 13.8 Å². The van der Waals surface area contributed by atoms with Gasteiger partial charge in [-0.15, -0.1) is 0 Å². The predicted octanol–water partition coefficient (Wildman–Crippen LogP) is 5.81. The minimum absolute atomic E-state index is 0. The van der Waals surface area contributed by atoms with Crippen LogP contribution in [-0.4, -0.2) is 0 Å². The molecule has 0 unspecified atom stereocenters. The van der Waals surface area contributed by atoms with Gasteiger partial charge >= 0.3 is 0 Å². The van der Waals surface area contributed by atoms with Crippen molar-refractivity contribution in [1.82, 2.24) is 0 Å². The molecule has 0 aliphatic heterocycles. The lowest BCUT2D eigenvalue weighted by Crippen LogP contribution is -1.77. The number of hydrogen-bond acceptors (Lipinski definition) is 0. The molecule has 0 saturated carbocycles. The molecule has 0 aliphatic rings. The van der Waals surface area contributed by atoms with Crippen LogP contribution in [0.15, 0.2) is 0 Å². The largest absolute Gasteiger partial charge is 0.0776 e. The Kier molecular flexibility index (Phi) is 32.7. The van der Waals surface area contributed by atoms with Crippen molar-refractivity contribution in [2.75, 3.05) is 0 Å². The average molecular weight is 188 g/mol. The van der Waals surface area contributed by atoms with Gasteiger partial charge in [-0.2, -0.15) is 0 Å². The molecular weight excluding hydrogens is 156 g/mol. The van der Waals surface area contributed by atoms with Crippen LogP contribution in [0.1, 0.15) is 86.5 Å². The molecule has 0 amide bonds. The van der Waals surface area contributed by atoms with Crippen molar-refractivity contribution in [2.45, 2.75) is 86.5 Å². The van der Waals surface area contributed by atoms with Gasteiger partial charge in [0.1, 0.15) is 0 Å². The molecule has 0 aromatic rings. The summed E-state index contributed by atoms with van der Waals surface area (Å²) in [7, 11) is 0. The number of rotatable bonds is 7. The van der Waals surface area contributed by atoms with Gasteiger partial charge in [0.05, 0.1) is 0 Å². The monoisotopic (exact) mass is 188 g/mol. The Morgan fingerprint density at radius 1 is 0.538 bits per heavy atom. The van der Waals surface area contributed by atoms with E-state index in [1.807, 2.05) is 13.8 Å². The van der Waals surface area contributed by atoms with Crippen LogP contribution < -0.4 is 0 Å². The fourth-order valence-electron chi connectivity index (χ4n) is 1.21. The third-order valence-electron chi connectivity index (χ3n) is 1.96. The van der Waals surface area contributed by atoms with Crippen molar-refractivity contribution < 1.29 is 0 Å². The minimum Gasteiger partial charge on any atom is -0.0776 e. The standard InChI is InChI=1S/C10H22.C2H6.CH4/c1-3-5-7-9-10-8-6-4-2;1-2;/h3-10H2,1-2H3;1-2H3;1H4. The fourth-order valence-corrected chi connectivity index (χ4v) is 1.21. The summed E-state index contributed by atoms with van der Waals surface area (Å²) in [5.41, 5.74) is 0. The van der Waals surface area contributed by atoms with Gasteiger partial charge in [-0.3, -0.25) is 0 Å². The Morgan fingerprint density at radius 2 is 0.769 bits per heavy atom. The van der Waals surface area contributed by atoms with E-state index >= 15 is 0 Å². The quantitative estimate of drug-likeness (QED) is 0.442. The smallest absolute Gasteiger partial charge is 0.0533 e. The van der Waals surface area contributed by atoms with Gasteiger partial charge < -0.3 is 0 Å². The van der Waals surface area contributed by atoms with Crippen LogP contribution >= 0.6 is 0 Å². The fraction of sp³-hybridized carbons (Fsp3) is 1.00. The van der Waals surface area contributed by atoms with E-state index in [4.69, 9.17) is 0 Å². The first-order valence-electron chi connectivity index (χ1n) is 5.91. The van der Waals surface area contributed by atoms with E-state index in [0.29, 0.717) is 0 Å². The molecule has 84 valence electrons. The maximum atomic E-state index is 2.27. The van der Waals surface area contributed by atoms with Crippen molar-refractivity contribution >= 4 is 0 Å². The Balaban J connectivity index is -0.000000309. The lowest BCUT2D eigenvalue weighted by Gasteiger charge is -1.97. The summed E-state index contributed by atoms with van der Waals surface area (Å²) in [4.78, 5) is 0. The molecule has 0 N–H and O–H groups in total. The predicted molar refractivity (Wildman–Crippen MR) is 66.4 cm³/mol. The van der Waals surface area contributed by atoms with Crippen LogP contribution in [0.3, 0.4) is 0 Å². The molecule has 0 radical (unpaired) electrons. The van der Waals surface area contributed by atoms with E-state index in [0.717, 1.165) is 0 Å². The van der Waals surface area contributed by atoms with Crippen molar-refractivity contribution in [2.24, 2.45) is 0 Å². The van der Waals surface area contributed by atoms with Crippen LogP contribution in [0, 0.1) is 0 Å². The second-order valence-corrected chi connectivity index (χ2v) is 3.12. The third-order valence-corrected chi connectivity index (χ3v) is 1.96. The molecule has 0 atom stereocenters. The molecule has 0 aromatic heterocycles. The van der Waals surface area contributed by atoms with Crippen LogP contribution in [0.4, 0.5) is 0 Å². The zero-order valence-electron chi connectivity index (χ0n) is 9.66. The molecule has 0 saturated heterocycles. The van der Waals surface area contributed by atoms with Gasteiger partial charge in [0.2, 0.25) is 0 Å². The molecule has 0 aliphatic carbocycles. The zero-order valence-corrected chi connectivity index (χ0v) is 9.66. The highest BCUT2D eigenvalue weighted by Gasteiger charge is 1.87. The molecule has 0 spiro atoms. The van der Waals surface area contributed by atoms with E-state index in [1.54, 1.807) is 0 Å². The van der Waals surface area contributed by atoms with Gasteiger partial charge in [0, 0.05) is 0 Å². The van der Waals surface area contributed by atoms with Crippen molar-refractivity contribution in [3.05, 3.63) is 0 Å². The van der Waals surface area contributed by atoms with Crippen LogP contribution in [0.25, 0.3) is 0 Å². The summed E-state index contributed by atoms with van der Waals surface area (Å²) in [6, 6.07) is 0. The maximum absolute atomic E-state index is 2.27. The molecule has 0 aromatic carbocycles. The minimum atomic E-state index is 0. The summed E-state index contributed by atoms with van der Waals surface area (Å²) < 4.78 is 0. The normalized spacial score (nSPS) is 8.31. The van der Waals surface area contributed by atoms with Crippen molar-refractivity contribution in [3.8, 4) is 0 Å². The average Bonchev–Trinajstić information content (AvgIpc) is 2.15. The highest BCUT2D eigenvalue weighted by Crippen LogP contribution is 2.07. The zero-order chi connectivity index (χ0) is 9.66. The Labute approximate surface area is 87.1 Å². The second kappa shape index (κ2) is 22.7. The highest BCUT2D eigenvalue weighted by molar-refractivity contribution is 4.43. The van der Waals surface area contributed by atoms with E-state index in [9.17, 15) is 0 Å². The first kappa shape index (κ1) is 18.7. The van der Waals surface area contributed by atoms with Gasteiger partial charge in [0.15, 0.2) is 0 Å². The van der Waals surface area contributed by atoms with Gasteiger partial charge in [-0.25, -0.2) is 0 Å². The molecular formula is C13H32. The number of hydrogen-bond donors (Lipinski definition) is 0. The summed E-state index contributed by atoms with van der Waals surface area (Å²) in [5.74, 6) is 0. The Hall–Kier alpha value is 0. The Bertz CT molecular complexity index is 40.0. The molecule has 0 nitrogen and oxygen atoms in total. The second-order valence-electron chi connectivity index (χ2n) is 3.12. The maximum Gasteiger partial charge on any atom is -0.0533 e. The van der Waals surface area contributed by atoms with Crippen LogP contribution in [-0.2, 0) is 0 Å². The van der Waals surface area contributed by atoms with Crippen LogP contribution in [0.5, 0.6) is 0 Å². The van der Waals surface area contributed by atoms with Gasteiger partial charge in [-0.05, 0) is 0 Å². The lowest BCUT2D eigenvalue weighted by atomic mass is 10.1. The summed E-state index contributed by atoms with van der Waals surface area (Å²) in [6.07, 6.45) is 11.5. The molecule has 0 heterocycles. The Morgan fingerprint density at radius 3 is 1.00 bits per heavy atom. The highest BCUT2D eigenvalue weighted by atomic mass is 13.9. The molecule has 0 fully saturated rings. The first-order chi connectivity index (χ1) is 5.91. The molecule has 0 heteroatoms. The topological polar surface area (TPSA) is 0 Å². The van der Waals surface area contributed by atoms with E-state index in [-0.39, 0.29) is 7.43 Å². The van der Waals surface area contributed by atoms with Crippen molar-refractivity contribution in [1.29, 1.82) is 0 Å². The SMILES string of the molecule is C.CC.CCCCCCCCCC. The number of unbranched alkanes of at least 4 members (excludes halogenated alkanes) is 7. The van der Waals surface area contributed by atoms with E-state index in [1.165, 1.54) is 51.4 Å². The van der Waals surface area contributed by atoms with Gasteiger partial charge in [-0.1, -0.05) is 86.5 Å². The summed E-state index contributed by atoms with van der Waals surface area (Å²) in [6.45, 7) is 8.54. The molecule has 0 rings (SSSR count). The summed E-state index contributed by atoms with van der Waals surface area (Å²) >= 11 is 0. The van der Waals surface area contributed by atoms with Gasteiger partial charge in [0.25, 0.3) is 0 Å². The van der Waals surface area contributed by atoms with Crippen molar-refractivity contribution in [3.63, 3.8) is 0 Å². The first-order valence-corrected chi connectivity index (χ1v) is 5.91. The molecule has 0 bridgehead atoms. The third kappa shape index (κ3) is 24.5. The lowest BCUT2D eigenvalue weighted by molar-refractivity contribution is 0.585.